The number of aryl methyl sites for hydroxylation is 1. The Kier molecular flexibility index (Phi) is 6.36. The summed E-state index contributed by atoms with van der Waals surface area (Å²) in [6, 6.07) is 21.7. The Balaban J connectivity index is 1.25. The number of benzene rings is 3. The number of nitrogens with zero attached hydrogens (tertiary/aromatic N) is 3. The van der Waals surface area contributed by atoms with Crippen molar-refractivity contribution in [2.45, 2.75) is 12.1 Å². The standard InChI is InChI=1S/C25H21N5O4S/c1-16-28-29-25(30(16)18-7-3-2-4-8-18)35-14-23(31)27-20-10-6-5-9-19(20)24(32)26-17-11-12-21-22(13-17)34-15-33-21/h2-13H,14-15H2,1H3,(H,26,32)(H,27,31). The molecule has 0 saturated heterocycles. The van der Waals surface area contributed by atoms with Crippen molar-refractivity contribution < 1.29 is 19.1 Å². The van der Waals surface area contributed by atoms with E-state index < -0.39 is 0 Å². The maximum atomic E-state index is 12.9. The predicted octanol–water partition coefficient (Wildman–Crippen LogP) is 4.29. The summed E-state index contributed by atoms with van der Waals surface area (Å²) in [6.07, 6.45) is 0. The van der Waals surface area contributed by atoms with Crippen LogP contribution in [0.15, 0.2) is 78.0 Å². The van der Waals surface area contributed by atoms with E-state index in [0.29, 0.717) is 33.6 Å². The summed E-state index contributed by atoms with van der Waals surface area (Å²) in [5.74, 6) is 1.41. The topological polar surface area (TPSA) is 107 Å². The Labute approximate surface area is 205 Å². The molecular formula is C25H21N5O4S. The molecule has 1 aliphatic rings. The van der Waals surface area contributed by atoms with Crippen molar-refractivity contribution in [3.63, 3.8) is 0 Å². The molecule has 1 aromatic heterocycles. The maximum absolute atomic E-state index is 12.9. The van der Waals surface area contributed by atoms with E-state index in [1.165, 1.54) is 11.8 Å². The molecule has 3 aromatic carbocycles. The van der Waals surface area contributed by atoms with Gasteiger partial charge < -0.3 is 20.1 Å². The van der Waals surface area contributed by atoms with E-state index in [2.05, 4.69) is 20.8 Å². The number of carbonyl (C=O) groups excluding carboxylic acids is 2. The number of thioether (sulfide) groups is 1. The van der Waals surface area contributed by atoms with Crippen LogP contribution in [0.4, 0.5) is 11.4 Å². The van der Waals surface area contributed by atoms with Crippen LogP contribution in [0.5, 0.6) is 11.5 Å². The summed E-state index contributed by atoms with van der Waals surface area (Å²) in [5, 5.41) is 14.6. The minimum atomic E-state index is -0.355. The zero-order chi connectivity index (χ0) is 24.2. The van der Waals surface area contributed by atoms with Gasteiger partial charge in [-0.15, -0.1) is 10.2 Å². The van der Waals surface area contributed by atoms with Crippen LogP contribution >= 0.6 is 11.8 Å². The van der Waals surface area contributed by atoms with Gasteiger partial charge in [0.15, 0.2) is 16.7 Å². The number of carbonyl (C=O) groups is 2. The minimum absolute atomic E-state index is 0.100. The third-order valence-corrected chi connectivity index (χ3v) is 6.15. The summed E-state index contributed by atoms with van der Waals surface area (Å²) in [4.78, 5) is 25.7. The van der Waals surface area contributed by atoms with Gasteiger partial charge in [0, 0.05) is 17.4 Å². The van der Waals surface area contributed by atoms with Gasteiger partial charge in [-0.2, -0.15) is 0 Å². The lowest BCUT2D eigenvalue weighted by Gasteiger charge is -2.12. The Bertz CT molecular complexity index is 1390. The Hall–Kier alpha value is -4.31. The number of anilines is 2. The molecule has 0 atom stereocenters. The molecule has 0 radical (unpaired) electrons. The van der Waals surface area contributed by atoms with Gasteiger partial charge in [0.2, 0.25) is 12.7 Å². The summed E-state index contributed by atoms with van der Waals surface area (Å²) in [6.45, 7) is 2.01. The zero-order valence-electron chi connectivity index (χ0n) is 18.7. The molecule has 0 fully saturated rings. The first-order valence-corrected chi connectivity index (χ1v) is 11.8. The van der Waals surface area contributed by atoms with Gasteiger partial charge in [0.25, 0.3) is 5.91 Å². The Morgan fingerprint density at radius 2 is 1.71 bits per heavy atom. The molecule has 0 aliphatic carbocycles. The first kappa shape index (κ1) is 22.5. The molecule has 0 unspecified atom stereocenters. The average molecular weight is 488 g/mol. The van der Waals surface area contributed by atoms with Crippen LogP contribution in [0, 0.1) is 6.92 Å². The lowest BCUT2D eigenvalue weighted by molar-refractivity contribution is -0.113. The SMILES string of the molecule is Cc1nnc(SCC(=O)Nc2ccccc2C(=O)Nc2ccc3c(c2)OCO3)n1-c1ccccc1. The monoisotopic (exact) mass is 487 g/mol. The number of amides is 2. The lowest BCUT2D eigenvalue weighted by atomic mass is 10.1. The molecule has 10 heteroatoms. The van der Waals surface area contributed by atoms with Crippen molar-refractivity contribution >= 4 is 35.0 Å². The van der Waals surface area contributed by atoms with E-state index >= 15 is 0 Å². The second kappa shape index (κ2) is 9.90. The van der Waals surface area contributed by atoms with E-state index in [0.717, 1.165) is 11.5 Å². The number of para-hydroxylation sites is 2. The summed E-state index contributed by atoms with van der Waals surface area (Å²) in [7, 11) is 0. The van der Waals surface area contributed by atoms with Crippen molar-refractivity contribution in [2.75, 3.05) is 23.2 Å². The Morgan fingerprint density at radius 1 is 0.943 bits per heavy atom. The van der Waals surface area contributed by atoms with Crippen LogP contribution < -0.4 is 20.1 Å². The molecule has 2 heterocycles. The highest BCUT2D eigenvalue weighted by molar-refractivity contribution is 7.99. The second-order valence-electron chi connectivity index (χ2n) is 7.61. The number of hydrogen-bond donors (Lipinski definition) is 2. The maximum Gasteiger partial charge on any atom is 0.257 e. The van der Waals surface area contributed by atoms with Gasteiger partial charge >= 0.3 is 0 Å². The number of hydrogen-bond acceptors (Lipinski definition) is 7. The third kappa shape index (κ3) is 4.97. The van der Waals surface area contributed by atoms with Gasteiger partial charge in [-0.3, -0.25) is 14.2 Å². The summed E-state index contributed by atoms with van der Waals surface area (Å²) >= 11 is 1.27. The fraction of sp³-hybridized carbons (Fsp3) is 0.120. The number of nitrogens with one attached hydrogen (secondary N) is 2. The predicted molar refractivity (Wildman–Crippen MR) is 132 cm³/mol. The lowest BCUT2D eigenvalue weighted by Crippen LogP contribution is -2.19. The van der Waals surface area contributed by atoms with Crippen LogP contribution in [0.1, 0.15) is 16.2 Å². The van der Waals surface area contributed by atoms with E-state index in [1.54, 1.807) is 42.5 Å². The molecule has 0 spiro atoms. The van der Waals surface area contributed by atoms with Gasteiger partial charge in [0.05, 0.1) is 17.0 Å². The van der Waals surface area contributed by atoms with Crippen LogP contribution in [-0.2, 0) is 4.79 Å². The van der Waals surface area contributed by atoms with E-state index in [-0.39, 0.29) is 24.4 Å². The Morgan fingerprint density at radius 3 is 2.57 bits per heavy atom. The molecule has 0 bridgehead atoms. The van der Waals surface area contributed by atoms with E-state index in [9.17, 15) is 9.59 Å². The highest BCUT2D eigenvalue weighted by Gasteiger charge is 2.18. The summed E-state index contributed by atoms with van der Waals surface area (Å²) in [5.41, 5.74) is 2.24. The molecular weight excluding hydrogens is 466 g/mol. The molecule has 35 heavy (non-hydrogen) atoms. The number of ether oxygens (including phenoxy) is 2. The van der Waals surface area contributed by atoms with Crippen molar-refractivity contribution in [2.24, 2.45) is 0 Å². The van der Waals surface area contributed by atoms with Gasteiger partial charge in [-0.25, -0.2) is 0 Å². The smallest absolute Gasteiger partial charge is 0.257 e. The van der Waals surface area contributed by atoms with Gasteiger partial charge in [-0.1, -0.05) is 42.1 Å². The highest BCUT2D eigenvalue weighted by Crippen LogP contribution is 2.34. The molecule has 9 nitrogen and oxygen atoms in total. The molecule has 1 aliphatic heterocycles. The number of fused-ring (bicyclic) bond motifs is 1. The fourth-order valence-corrected chi connectivity index (χ4v) is 4.39. The summed E-state index contributed by atoms with van der Waals surface area (Å²) < 4.78 is 12.6. The minimum Gasteiger partial charge on any atom is -0.454 e. The fourth-order valence-electron chi connectivity index (χ4n) is 3.59. The van der Waals surface area contributed by atoms with Crippen molar-refractivity contribution in [3.05, 3.63) is 84.2 Å². The molecule has 5 rings (SSSR count). The average Bonchev–Trinajstić information content (AvgIpc) is 3.49. The van der Waals surface area contributed by atoms with Gasteiger partial charge in [-0.05, 0) is 43.3 Å². The molecule has 176 valence electrons. The van der Waals surface area contributed by atoms with Gasteiger partial charge in [0.1, 0.15) is 5.82 Å². The molecule has 0 saturated carbocycles. The van der Waals surface area contributed by atoms with E-state index in [1.807, 2.05) is 41.8 Å². The molecule has 4 aromatic rings. The van der Waals surface area contributed by atoms with E-state index in [4.69, 9.17) is 9.47 Å². The first-order chi connectivity index (χ1) is 17.1. The van der Waals surface area contributed by atoms with Crippen LogP contribution in [0.2, 0.25) is 0 Å². The van der Waals surface area contributed by atoms with Crippen LogP contribution in [0.25, 0.3) is 5.69 Å². The quantitative estimate of drug-likeness (QED) is 0.375. The zero-order valence-corrected chi connectivity index (χ0v) is 19.5. The molecule has 2 amide bonds. The van der Waals surface area contributed by atoms with Crippen molar-refractivity contribution in [1.82, 2.24) is 14.8 Å². The normalized spacial score (nSPS) is 11.8. The van der Waals surface area contributed by atoms with Crippen LogP contribution in [-0.4, -0.2) is 39.1 Å². The van der Waals surface area contributed by atoms with Crippen molar-refractivity contribution in [3.8, 4) is 17.2 Å². The largest absolute Gasteiger partial charge is 0.454 e. The first-order valence-electron chi connectivity index (χ1n) is 10.8. The highest BCUT2D eigenvalue weighted by atomic mass is 32.2. The second-order valence-corrected chi connectivity index (χ2v) is 8.55. The van der Waals surface area contributed by atoms with Crippen molar-refractivity contribution in [1.29, 1.82) is 0 Å². The molecule has 2 N–H and O–H groups in total. The van der Waals surface area contributed by atoms with Crippen LogP contribution in [0.3, 0.4) is 0 Å². The number of aromatic nitrogens is 3. The number of rotatable bonds is 7. The third-order valence-electron chi connectivity index (χ3n) is 5.22.